The van der Waals surface area contributed by atoms with Crippen LogP contribution in [-0.4, -0.2) is 109 Å². The molecule has 5 aromatic carbocycles. The van der Waals surface area contributed by atoms with Crippen LogP contribution in [0.2, 0.25) is 0 Å². The Bertz CT molecular complexity index is 3640. The molecule has 0 aromatic heterocycles. The zero-order valence-electron chi connectivity index (χ0n) is 51.4. The van der Waals surface area contributed by atoms with Crippen LogP contribution >= 0.6 is 21.6 Å². The second-order valence-electron chi connectivity index (χ2n) is 24.1. The van der Waals surface area contributed by atoms with Crippen LogP contribution < -0.4 is 34.6 Å². The molecular weight excluding hydrogens is 1160 g/mol. The smallest absolute Gasteiger partial charge is 0.277 e. The number of ketones is 2. The van der Waals surface area contributed by atoms with Gasteiger partial charge in [-0.3, -0.25) is 33.0 Å². The zero-order chi connectivity index (χ0) is 62.6. The van der Waals surface area contributed by atoms with Gasteiger partial charge in [-0.1, -0.05) is 98.7 Å². The first-order valence-electron chi connectivity index (χ1n) is 29.7. The van der Waals surface area contributed by atoms with Crippen LogP contribution in [0.4, 0.5) is 22.7 Å². The summed E-state index contributed by atoms with van der Waals surface area (Å²) in [5, 5.41) is 4.51. The van der Waals surface area contributed by atoms with Crippen molar-refractivity contribution >= 4 is 95.9 Å². The normalized spacial score (nSPS) is 17.4. The molecule has 0 spiro atoms. The Morgan fingerprint density at radius 2 is 1.44 bits per heavy atom. The van der Waals surface area contributed by atoms with Gasteiger partial charge in [-0.25, -0.2) is 0 Å². The van der Waals surface area contributed by atoms with Gasteiger partial charge in [-0.05, 0) is 147 Å². The number of fused-ring (bicyclic) bond motifs is 8. The molecule has 5 aromatic rings. The van der Waals surface area contributed by atoms with E-state index in [-0.39, 0.29) is 85.7 Å². The quantitative estimate of drug-likeness (QED) is 0.0229. The second-order valence-corrected chi connectivity index (χ2v) is 29.4. The molecule has 0 saturated carbocycles. The highest BCUT2D eigenvalue weighted by molar-refractivity contribution is 8.77. The van der Waals surface area contributed by atoms with Crippen LogP contribution in [0.15, 0.2) is 91.0 Å². The molecule has 0 fully saturated rings. The molecule has 0 radical (unpaired) electrons. The maximum absolute atomic E-state index is 14.3. The molecule has 4 heterocycles. The van der Waals surface area contributed by atoms with Gasteiger partial charge in [0.1, 0.15) is 31.3 Å². The van der Waals surface area contributed by atoms with Crippen molar-refractivity contribution in [2.45, 2.75) is 160 Å². The number of carbonyl (C=O) groups is 6. The summed E-state index contributed by atoms with van der Waals surface area (Å²) in [4.78, 5) is 86.5. The Kier molecular flexibility index (Phi) is 20.1. The van der Waals surface area contributed by atoms with Gasteiger partial charge < -0.3 is 39.2 Å². The molecule has 4 aliphatic rings. The summed E-state index contributed by atoms with van der Waals surface area (Å²) in [5.74, 6) is -1.27. The number of nitrogens with one attached hydrogen (secondary N) is 2. The number of ether oxygens (including phenoxy) is 3. The first kappa shape index (κ1) is 64.5. The molecule has 4 aliphatic heterocycles. The Morgan fingerprint density at radius 3 is 2.09 bits per heavy atom. The fraction of sp³-hybridized carbons (Fsp3) is 0.448. The first-order valence-corrected chi connectivity index (χ1v) is 33.4. The Balaban J connectivity index is 0.890. The van der Waals surface area contributed by atoms with E-state index in [1.807, 2.05) is 136 Å². The van der Waals surface area contributed by atoms with Gasteiger partial charge in [0.2, 0.25) is 17.7 Å². The number of Topliss-reactive ketones (excluding diaryl/α,β-unsaturated/α-hetero) is 2. The fourth-order valence-electron chi connectivity index (χ4n) is 11.9. The maximum atomic E-state index is 14.3. The molecule has 20 heteroatoms. The monoisotopic (exact) mass is 1240 g/mol. The van der Waals surface area contributed by atoms with E-state index in [0.29, 0.717) is 70.1 Å². The molecule has 4 amide bonds. The molecule has 2 unspecified atom stereocenters. The number of carbonyl (C=O) groups excluding carboxylic acids is 6. The van der Waals surface area contributed by atoms with E-state index < -0.39 is 43.8 Å². The molecular formula is C67H79N5O12S3. The van der Waals surface area contributed by atoms with Gasteiger partial charge in [-0.2, -0.15) is 8.42 Å². The summed E-state index contributed by atoms with van der Waals surface area (Å²) in [6.45, 7) is 14.8. The van der Waals surface area contributed by atoms with Crippen LogP contribution in [0, 0.1) is 18.8 Å². The first-order chi connectivity index (χ1) is 41.4. The number of hydrogen-bond acceptors (Lipinski definition) is 14. The third-order valence-electron chi connectivity index (χ3n) is 16.7. The van der Waals surface area contributed by atoms with E-state index in [9.17, 15) is 37.2 Å². The molecule has 17 nitrogen and oxygen atoms in total. The van der Waals surface area contributed by atoms with E-state index in [1.54, 1.807) is 33.1 Å². The van der Waals surface area contributed by atoms with Crippen molar-refractivity contribution in [2.75, 3.05) is 36.4 Å². The number of benzene rings is 5. The van der Waals surface area contributed by atoms with Crippen LogP contribution in [-0.2, 0) is 66.0 Å². The topological polar surface area (TPSA) is 207 Å². The fourth-order valence-corrected chi connectivity index (χ4v) is 15.9. The lowest BCUT2D eigenvalue weighted by Gasteiger charge is -2.27. The van der Waals surface area contributed by atoms with Crippen molar-refractivity contribution < 1.29 is 60.2 Å². The SMILES string of the molecule is CCC(=O)C(CC(C)SSC(C)(C)CCC(=O)N[C@H](C(=O)C[C@@H](C)C(=O)Nc1cc(COc2cc3c(cc2C)C(=O)N2c4ccccc4C[C@H]2[C-]=[N+]3C)cc(COc2cc3c(cc2OC)C(=O)N2c4ccccc4C[C@H]2CC3)c1)C(C)C)S(=O)(=O)OC. The third-order valence-corrected chi connectivity index (χ3v) is 22.2. The van der Waals surface area contributed by atoms with Gasteiger partial charge in [-0.15, -0.1) is 0 Å². The summed E-state index contributed by atoms with van der Waals surface area (Å²) in [5.41, 5.74) is 9.25. The summed E-state index contributed by atoms with van der Waals surface area (Å²) >= 11 is 0. The van der Waals surface area contributed by atoms with E-state index in [1.165, 1.54) is 21.6 Å². The standard InChI is InChI=1S/C67H79N5O12S3/c1-12-56(73)61(87(79,80)82-11)27-42(6)85-86-67(7,8)24-23-62(75)69-63(39(2)3)57(74)26-41(5)64(76)68-48-29-43(37-83-58-35-55-52(25-40(58)4)66(78)72-50(36-70(55)9)32-47-18-14-16-20-54(47)72)28-44(30-48)38-84-60-33-45-21-22-49-31-46-17-13-15-19-53(46)71(49)65(77)51(45)34-59(60)81-10/h13-20,25,28-30,33-35,39,41-42,49-50,61,63H,12,21-24,26-27,31-32,37-38H2,1-11H3,(H,68,76)(H,69,75)/t41-,42?,49-,50+,61?,63+/m1/s1. The largest absolute Gasteiger partial charge is 0.493 e. The highest BCUT2D eigenvalue weighted by atomic mass is 33.1. The zero-order valence-corrected chi connectivity index (χ0v) is 53.9. The average Bonchev–Trinajstić information content (AvgIpc) is 1.73. The van der Waals surface area contributed by atoms with E-state index >= 15 is 0 Å². The molecule has 462 valence electrons. The Morgan fingerprint density at radius 1 is 0.793 bits per heavy atom. The van der Waals surface area contributed by atoms with Gasteiger partial charge >= 0.3 is 0 Å². The van der Waals surface area contributed by atoms with E-state index in [0.717, 1.165) is 53.6 Å². The number of anilines is 3. The molecule has 87 heavy (non-hydrogen) atoms. The summed E-state index contributed by atoms with van der Waals surface area (Å²) in [6, 6.07) is 27.8. The number of amides is 4. The number of para-hydroxylation sites is 2. The van der Waals surface area contributed by atoms with Crippen LogP contribution in [0.5, 0.6) is 17.2 Å². The van der Waals surface area contributed by atoms with Crippen molar-refractivity contribution in [3.8, 4) is 17.2 Å². The van der Waals surface area contributed by atoms with Crippen molar-refractivity contribution in [3.63, 3.8) is 0 Å². The second kappa shape index (κ2) is 27.2. The average molecular weight is 1240 g/mol. The van der Waals surface area contributed by atoms with Crippen LogP contribution in [0.25, 0.3) is 0 Å². The van der Waals surface area contributed by atoms with Gasteiger partial charge in [0.25, 0.3) is 16.0 Å². The van der Waals surface area contributed by atoms with Crippen LogP contribution in [0.3, 0.4) is 0 Å². The third kappa shape index (κ3) is 14.6. The van der Waals surface area contributed by atoms with E-state index in [4.69, 9.17) is 14.2 Å². The highest BCUT2D eigenvalue weighted by Crippen LogP contribution is 2.44. The molecule has 0 aliphatic carbocycles. The predicted octanol–water partition coefficient (Wildman–Crippen LogP) is 11.2. The van der Waals surface area contributed by atoms with E-state index in [2.05, 4.69) is 27.1 Å². The summed E-state index contributed by atoms with van der Waals surface area (Å²) in [7, 11) is 3.39. The van der Waals surface area contributed by atoms with Crippen LogP contribution in [0.1, 0.15) is 141 Å². The number of methoxy groups -OCH3 is 1. The van der Waals surface area contributed by atoms with Gasteiger partial charge in [0.15, 0.2) is 23.1 Å². The molecule has 2 N–H and O–H groups in total. The lowest BCUT2D eigenvalue weighted by atomic mass is 9.92. The predicted molar refractivity (Wildman–Crippen MR) is 342 cm³/mol. The van der Waals surface area contributed by atoms with Gasteiger partial charge in [0, 0.05) is 81.7 Å². The summed E-state index contributed by atoms with van der Waals surface area (Å²) < 4.78 is 50.2. The lowest BCUT2D eigenvalue weighted by Crippen LogP contribution is -2.45. The minimum atomic E-state index is -4.05. The Hall–Kier alpha value is -7.00. The maximum Gasteiger partial charge on any atom is 0.277 e. The summed E-state index contributed by atoms with van der Waals surface area (Å²) in [6.07, 6.45) is 6.97. The number of rotatable bonds is 26. The highest BCUT2D eigenvalue weighted by Gasteiger charge is 2.40. The number of hydrogen-bond donors (Lipinski definition) is 2. The molecule has 0 saturated heterocycles. The van der Waals surface area contributed by atoms with Crippen molar-refractivity contribution in [1.29, 1.82) is 0 Å². The molecule has 9 rings (SSSR count). The molecule has 0 bridgehead atoms. The lowest BCUT2D eigenvalue weighted by molar-refractivity contribution is -0.401. The minimum absolute atomic E-state index is 0.0414. The number of aryl methyl sites for hydroxylation is 2. The van der Waals surface area contributed by atoms with Crippen molar-refractivity contribution in [1.82, 2.24) is 5.32 Å². The minimum Gasteiger partial charge on any atom is -0.493 e. The van der Waals surface area contributed by atoms with Gasteiger partial charge in [0.05, 0.1) is 25.9 Å². The molecule has 6 atom stereocenters. The Labute approximate surface area is 519 Å². The van der Waals surface area contributed by atoms with Crippen molar-refractivity contribution in [3.05, 3.63) is 136 Å². The number of nitrogens with zero attached hydrogens (tertiary/aromatic N) is 3. The van der Waals surface area contributed by atoms with Crippen molar-refractivity contribution in [2.24, 2.45) is 11.8 Å².